The van der Waals surface area contributed by atoms with E-state index in [1.807, 2.05) is 0 Å². The molecule has 8 nitrogen and oxygen atoms in total. The molecule has 0 saturated heterocycles. The van der Waals surface area contributed by atoms with Crippen LogP contribution in [-0.2, 0) is 34.2 Å². The van der Waals surface area contributed by atoms with Crippen LogP contribution < -0.4 is 16.0 Å². The Kier molecular flexibility index (Phi) is 5.24. The number of primary sulfonamides is 1. The smallest absolute Gasteiger partial charge is 0.262 e. The minimum Gasteiger partial charge on any atom is -0.325 e. The van der Waals surface area contributed by atoms with Crippen molar-refractivity contribution in [3.05, 3.63) is 51.4 Å². The number of carbonyl (C=O) groups is 1. The first-order valence-electron chi connectivity index (χ1n) is 9.25. The molecule has 152 valence electrons. The minimum absolute atomic E-state index is 0.0421. The van der Waals surface area contributed by atoms with Gasteiger partial charge in [0.2, 0.25) is 15.9 Å². The number of nitrogens with two attached hydrogens (primary N) is 1. The van der Waals surface area contributed by atoms with Gasteiger partial charge < -0.3 is 5.32 Å². The van der Waals surface area contributed by atoms with E-state index >= 15 is 0 Å². The fourth-order valence-corrected chi connectivity index (χ4v) is 5.29. The van der Waals surface area contributed by atoms with Gasteiger partial charge in [-0.3, -0.25) is 14.2 Å². The Morgan fingerprint density at radius 2 is 1.90 bits per heavy atom. The highest BCUT2D eigenvalue weighted by Crippen LogP contribution is 2.32. The number of hydrogen-bond donors (Lipinski definition) is 2. The molecule has 0 fully saturated rings. The average Bonchev–Trinajstić information content (AvgIpc) is 2.86. The molecule has 0 bridgehead atoms. The van der Waals surface area contributed by atoms with Gasteiger partial charge in [-0.15, -0.1) is 11.3 Å². The molecule has 10 heteroatoms. The molecule has 4 rings (SSSR count). The first-order chi connectivity index (χ1) is 13.8. The van der Waals surface area contributed by atoms with Gasteiger partial charge in [-0.25, -0.2) is 18.5 Å². The van der Waals surface area contributed by atoms with Gasteiger partial charge in [0.1, 0.15) is 11.4 Å². The average molecular weight is 433 g/mol. The van der Waals surface area contributed by atoms with Crippen molar-refractivity contribution in [1.29, 1.82) is 0 Å². The van der Waals surface area contributed by atoms with Crippen LogP contribution in [0.25, 0.3) is 10.2 Å². The third-order valence-electron chi connectivity index (χ3n) is 4.97. The van der Waals surface area contributed by atoms with E-state index in [0.29, 0.717) is 11.1 Å². The summed E-state index contributed by atoms with van der Waals surface area (Å²) in [7, 11) is -3.79. The standard InChI is InChI=1S/C19H20N4O4S2/c20-29(26,27)13-8-6-12(7-9-13)22-16(24)10-23-11-21-18-17(19(23)25)14-4-2-1-3-5-15(14)28-18/h6-9,11H,1-5,10H2,(H,22,24)(H2,20,26,27). The molecule has 0 atom stereocenters. The van der Waals surface area contributed by atoms with Crippen LogP contribution in [0.5, 0.6) is 0 Å². The zero-order valence-electron chi connectivity index (χ0n) is 15.6. The van der Waals surface area contributed by atoms with Crippen molar-refractivity contribution in [2.45, 2.75) is 43.5 Å². The van der Waals surface area contributed by atoms with Crippen molar-refractivity contribution in [3.8, 4) is 0 Å². The van der Waals surface area contributed by atoms with Gasteiger partial charge >= 0.3 is 0 Å². The van der Waals surface area contributed by atoms with E-state index in [0.717, 1.165) is 42.5 Å². The molecule has 0 aliphatic heterocycles. The Morgan fingerprint density at radius 3 is 2.62 bits per heavy atom. The van der Waals surface area contributed by atoms with Crippen molar-refractivity contribution < 1.29 is 13.2 Å². The Morgan fingerprint density at radius 1 is 1.17 bits per heavy atom. The molecule has 1 aromatic carbocycles. The number of amides is 1. The lowest BCUT2D eigenvalue weighted by atomic mass is 10.1. The molecule has 0 unspecified atom stereocenters. The Balaban J connectivity index is 1.56. The third-order valence-corrected chi connectivity index (χ3v) is 7.10. The second kappa shape index (κ2) is 7.69. The molecule has 1 aliphatic carbocycles. The summed E-state index contributed by atoms with van der Waals surface area (Å²) < 4.78 is 23.9. The first-order valence-corrected chi connectivity index (χ1v) is 11.6. The quantitative estimate of drug-likeness (QED) is 0.610. The number of sulfonamides is 1. The van der Waals surface area contributed by atoms with E-state index in [2.05, 4.69) is 10.3 Å². The highest BCUT2D eigenvalue weighted by atomic mass is 32.2. The van der Waals surface area contributed by atoms with Crippen LogP contribution in [0.3, 0.4) is 0 Å². The monoisotopic (exact) mass is 432 g/mol. The van der Waals surface area contributed by atoms with Crippen molar-refractivity contribution >= 4 is 43.2 Å². The second-order valence-electron chi connectivity index (χ2n) is 7.04. The summed E-state index contributed by atoms with van der Waals surface area (Å²) in [4.78, 5) is 31.7. The normalized spacial score (nSPS) is 14.4. The molecule has 0 spiro atoms. The molecule has 2 heterocycles. The Hall–Kier alpha value is -2.56. The lowest BCUT2D eigenvalue weighted by molar-refractivity contribution is -0.116. The number of nitrogens with one attached hydrogen (secondary N) is 1. The predicted octanol–water partition coefficient (Wildman–Crippen LogP) is 2.01. The van der Waals surface area contributed by atoms with E-state index in [1.54, 1.807) is 11.3 Å². The lowest BCUT2D eigenvalue weighted by Crippen LogP contribution is -2.28. The number of benzene rings is 1. The number of thiophene rings is 1. The third kappa shape index (κ3) is 4.09. The summed E-state index contributed by atoms with van der Waals surface area (Å²) in [6.45, 7) is -0.177. The largest absolute Gasteiger partial charge is 0.325 e. The maximum Gasteiger partial charge on any atom is 0.262 e. The minimum atomic E-state index is -3.79. The van der Waals surface area contributed by atoms with Crippen molar-refractivity contribution in [2.24, 2.45) is 5.14 Å². The summed E-state index contributed by atoms with van der Waals surface area (Å²) in [5, 5.41) is 8.35. The van der Waals surface area contributed by atoms with Gasteiger partial charge in [0.05, 0.1) is 16.6 Å². The first kappa shape index (κ1) is 19.7. The summed E-state index contributed by atoms with van der Waals surface area (Å²) in [6.07, 6.45) is 6.60. The van der Waals surface area contributed by atoms with E-state index < -0.39 is 15.9 Å². The van der Waals surface area contributed by atoms with E-state index in [-0.39, 0.29) is 17.0 Å². The molecular weight excluding hydrogens is 412 g/mol. The predicted molar refractivity (Wildman–Crippen MR) is 112 cm³/mol. The van der Waals surface area contributed by atoms with Crippen LogP contribution in [0.1, 0.15) is 29.7 Å². The second-order valence-corrected chi connectivity index (χ2v) is 9.68. The number of hydrogen-bond acceptors (Lipinski definition) is 6. The molecule has 29 heavy (non-hydrogen) atoms. The van der Waals surface area contributed by atoms with Crippen molar-refractivity contribution in [2.75, 3.05) is 5.32 Å². The Labute approximate surface area is 171 Å². The maximum absolute atomic E-state index is 13.0. The summed E-state index contributed by atoms with van der Waals surface area (Å²) in [5.74, 6) is -0.405. The molecule has 3 aromatic rings. The van der Waals surface area contributed by atoms with Gasteiger partial charge in [-0.05, 0) is 55.5 Å². The zero-order valence-corrected chi connectivity index (χ0v) is 17.2. The van der Waals surface area contributed by atoms with Crippen LogP contribution in [0.2, 0.25) is 0 Å². The van der Waals surface area contributed by atoms with Gasteiger partial charge in [-0.2, -0.15) is 0 Å². The summed E-state index contributed by atoms with van der Waals surface area (Å²) in [6, 6.07) is 5.51. The van der Waals surface area contributed by atoms with Gasteiger partial charge in [0.15, 0.2) is 0 Å². The number of fused-ring (bicyclic) bond motifs is 3. The highest BCUT2D eigenvalue weighted by Gasteiger charge is 2.19. The number of rotatable bonds is 4. The van der Waals surface area contributed by atoms with Crippen LogP contribution in [0.15, 0.2) is 40.3 Å². The maximum atomic E-state index is 13.0. The molecule has 0 saturated carbocycles. The van der Waals surface area contributed by atoms with Gasteiger partial charge in [-0.1, -0.05) is 6.42 Å². The van der Waals surface area contributed by atoms with Gasteiger partial charge in [0.25, 0.3) is 5.56 Å². The SMILES string of the molecule is NS(=O)(=O)c1ccc(NC(=O)Cn2cnc3sc4c(c3c2=O)CCCCC4)cc1. The number of nitrogens with zero attached hydrogens (tertiary/aromatic N) is 2. The van der Waals surface area contributed by atoms with Crippen molar-refractivity contribution in [1.82, 2.24) is 9.55 Å². The van der Waals surface area contributed by atoms with Gasteiger partial charge in [0, 0.05) is 10.6 Å². The molecule has 3 N–H and O–H groups in total. The molecule has 0 radical (unpaired) electrons. The number of aromatic nitrogens is 2. The lowest BCUT2D eigenvalue weighted by Gasteiger charge is -2.08. The number of aryl methyl sites for hydroxylation is 2. The summed E-state index contributed by atoms with van der Waals surface area (Å²) >= 11 is 1.58. The van der Waals surface area contributed by atoms with E-state index in [9.17, 15) is 18.0 Å². The Bertz CT molecular complexity index is 1240. The van der Waals surface area contributed by atoms with Crippen molar-refractivity contribution in [3.63, 3.8) is 0 Å². The van der Waals surface area contributed by atoms with E-state index in [4.69, 9.17) is 5.14 Å². The topological polar surface area (TPSA) is 124 Å². The highest BCUT2D eigenvalue weighted by molar-refractivity contribution is 7.89. The number of carbonyl (C=O) groups excluding carboxylic acids is 1. The molecular formula is C19H20N4O4S2. The number of anilines is 1. The van der Waals surface area contributed by atoms with Crippen LogP contribution in [0.4, 0.5) is 5.69 Å². The molecule has 1 aliphatic rings. The van der Waals surface area contributed by atoms with E-state index in [1.165, 1.54) is 40.0 Å². The zero-order chi connectivity index (χ0) is 20.6. The van der Waals surface area contributed by atoms with Crippen LogP contribution in [-0.4, -0.2) is 23.9 Å². The summed E-state index contributed by atoms with van der Waals surface area (Å²) in [5.41, 5.74) is 1.30. The fraction of sp³-hybridized carbons (Fsp3) is 0.316. The van der Waals surface area contributed by atoms with Crippen LogP contribution >= 0.6 is 11.3 Å². The van der Waals surface area contributed by atoms with Crippen LogP contribution in [0, 0.1) is 0 Å². The molecule has 1 amide bonds. The molecule has 2 aromatic heterocycles. The fourth-order valence-electron chi connectivity index (χ4n) is 3.55.